The summed E-state index contributed by atoms with van der Waals surface area (Å²) >= 11 is 4.17. The predicted molar refractivity (Wildman–Crippen MR) is 144 cm³/mol. The third-order valence-corrected chi connectivity index (χ3v) is 4.77. The Kier molecular flexibility index (Phi) is 19.8. The highest BCUT2D eigenvalue weighted by Gasteiger charge is 2.21. The van der Waals surface area contributed by atoms with Gasteiger partial charge in [0.15, 0.2) is 0 Å². The van der Waals surface area contributed by atoms with Gasteiger partial charge in [-0.25, -0.2) is 0 Å². The molecule has 0 heterocycles. The molecule has 0 bridgehead atoms. The summed E-state index contributed by atoms with van der Waals surface area (Å²) in [6.07, 6.45) is 11.9. The smallest absolute Gasteiger partial charge is 0.286 e. The Labute approximate surface area is 212 Å². The van der Waals surface area contributed by atoms with E-state index in [0.29, 0.717) is 13.2 Å². The van der Waals surface area contributed by atoms with Crippen LogP contribution in [0.5, 0.6) is 5.75 Å². The predicted octanol–water partition coefficient (Wildman–Crippen LogP) is 6.36. The Morgan fingerprint density at radius 3 is 2.21 bits per heavy atom. The molecule has 7 heteroatoms. The first-order valence-electron chi connectivity index (χ1n) is 11.8. The van der Waals surface area contributed by atoms with Crippen LogP contribution in [0.15, 0.2) is 30.3 Å². The van der Waals surface area contributed by atoms with Gasteiger partial charge < -0.3 is 19.6 Å². The number of amides is 1. The molecule has 0 aliphatic heterocycles. The minimum absolute atomic E-state index is 0.0383. The molecule has 0 aliphatic carbocycles. The van der Waals surface area contributed by atoms with Crippen LogP contribution in [-0.2, 0) is 14.3 Å². The van der Waals surface area contributed by atoms with Crippen LogP contribution in [0.3, 0.4) is 0 Å². The average molecular weight is 493 g/mol. The summed E-state index contributed by atoms with van der Waals surface area (Å²) in [5, 5.41) is 10.9. The molecule has 0 aliphatic rings. The molecule has 0 fully saturated rings. The molecule has 0 radical (unpaired) electrons. The molecule has 1 amide bonds. The summed E-state index contributed by atoms with van der Waals surface area (Å²) in [6.45, 7) is 15.2. The van der Waals surface area contributed by atoms with Gasteiger partial charge >= 0.3 is 0 Å². The minimum Gasteiger partial charge on any atom is -0.488 e. The number of carbonyl (C=O) groups excluding carboxylic acids is 2. The van der Waals surface area contributed by atoms with Crippen LogP contribution < -0.4 is 10.1 Å². The van der Waals surface area contributed by atoms with Crippen molar-refractivity contribution in [2.24, 2.45) is 0 Å². The highest BCUT2D eigenvalue weighted by Crippen LogP contribution is 2.22. The SMILES string of the molecule is C/C=C/c1ccc(OC(C)(C)CCC)cc1.C=O.CC(C)(S)C(=O)NCCCCCCOC#N. The van der Waals surface area contributed by atoms with Crippen LogP contribution in [0.2, 0.25) is 0 Å². The van der Waals surface area contributed by atoms with E-state index < -0.39 is 4.75 Å². The Bertz CT molecular complexity index is 720. The Hall–Kier alpha value is -2.46. The number of nitriles is 1. The van der Waals surface area contributed by atoms with Gasteiger partial charge in [-0.1, -0.05) is 44.1 Å². The normalized spacial score (nSPS) is 10.8. The molecule has 0 atom stereocenters. The summed E-state index contributed by atoms with van der Waals surface area (Å²) in [5.74, 6) is 0.912. The number of unbranched alkanes of at least 4 members (excludes halogenated alkanes) is 3. The van der Waals surface area contributed by atoms with E-state index in [1.807, 2.05) is 31.9 Å². The van der Waals surface area contributed by atoms with Gasteiger partial charge in [-0.15, -0.1) is 0 Å². The zero-order chi connectivity index (χ0) is 26.5. The Morgan fingerprint density at radius 2 is 1.71 bits per heavy atom. The van der Waals surface area contributed by atoms with Crippen molar-refractivity contribution in [1.29, 1.82) is 5.26 Å². The Balaban J connectivity index is 0. The number of allylic oxidation sites excluding steroid dienone is 1. The molecule has 0 aromatic heterocycles. The molecule has 1 N–H and O–H groups in total. The maximum absolute atomic E-state index is 11.4. The lowest BCUT2D eigenvalue weighted by molar-refractivity contribution is -0.122. The first kappa shape index (κ1) is 33.7. The fourth-order valence-corrected chi connectivity index (χ4v) is 3.01. The van der Waals surface area contributed by atoms with E-state index in [4.69, 9.17) is 14.8 Å². The van der Waals surface area contributed by atoms with E-state index in [-0.39, 0.29) is 11.5 Å². The summed E-state index contributed by atoms with van der Waals surface area (Å²) in [5.41, 5.74) is 1.14. The van der Waals surface area contributed by atoms with Crippen molar-refractivity contribution >= 4 is 31.4 Å². The lowest BCUT2D eigenvalue weighted by atomic mass is 10.0. The largest absolute Gasteiger partial charge is 0.488 e. The number of thiol groups is 1. The van der Waals surface area contributed by atoms with Gasteiger partial charge in [-0.2, -0.15) is 17.9 Å². The Morgan fingerprint density at radius 1 is 1.12 bits per heavy atom. The molecule has 1 aromatic carbocycles. The van der Waals surface area contributed by atoms with Crippen molar-refractivity contribution in [3.63, 3.8) is 0 Å². The average Bonchev–Trinajstić information content (AvgIpc) is 2.78. The van der Waals surface area contributed by atoms with Crippen molar-refractivity contribution < 1.29 is 19.1 Å². The molecule has 0 unspecified atom stereocenters. The van der Waals surface area contributed by atoms with E-state index in [1.54, 1.807) is 20.1 Å². The van der Waals surface area contributed by atoms with Crippen LogP contribution in [-0.4, -0.2) is 36.2 Å². The van der Waals surface area contributed by atoms with E-state index >= 15 is 0 Å². The monoisotopic (exact) mass is 492 g/mol. The zero-order valence-corrected chi connectivity index (χ0v) is 22.7. The molecular weight excluding hydrogens is 448 g/mol. The quantitative estimate of drug-likeness (QED) is 0.190. The van der Waals surface area contributed by atoms with Crippen molar-refractivity contribution in [2.45, 2.75) is 90.4 Å². The molecule has 1 rings (SSSR count). The highest BCUT2D eigenvalue weighted by molar-refractivity contribution is 7.82. The van der Waals surface area contributed by atoms with Gasteiger partial charge in [0.05, 0.1) is 4.75 Å². The van der Waals surface area contributed by atoms with Crippen molar-refractivity contribution in [3.8, 4) is 12.0 Å². The third-order valence-electron chi connectivity index (χ3n) is 4.56. The first-order valence-corrected chi connectivity index (χ1v) is 12.2. The van der Waals surface area contributed by atoms with Gasteiger partial charge in [0.2, 0.25) is 5.91 Å². The van der Waals surface area contributed by atoms with Crippen molar-refractivity contribution in [1.82, 2.24) is 5.32 Å². The van der Waals surface area contributed by atoms with E-state index in [1.165, 1.54) is 5.56 Å². The number of nitrogens with one attached hydrogen (secondary N) is 1. The van der Waals surface area contributed by atoms with E-state index in [2.05, 4.69) is 61.7 Å². The van der Waals surface area contributed by atoms with Crippen molar-refractivity contribution in [2.75, 3.05) is 13.2 Å². The van der Waals surface area contributed by atoms with E-state index in [0.717, 1.165) is 44.3 Å². The van der Waals surface area contributed by atoms with Crippen LogP contribution >= 0.6 is 12.6 Å². The number of ether oxygens (including phenoxy) is 2. The molecule has 34 heavy (non-hydrogen) atoms. The first-order chi connectivity index (χ1) is 16.1. The van der Waals surface area contributed by atoms with Crippen LogP contribution in [0.25, 0.3) is 6.08 Å². The molecule has 0 spiro atoms. The standard InChI is InChI=1S/C15H22O.C11H20N2O2S.CH2O/c1-5-7-13-8-10-14(11-9-13)16-15(3,4)12-6-2;1-11(2,16)10(14)13-7-5-3-4-6-8-15-9-12;1-2/h5,7-11H,6,12H2,1-4H3;16H,3-8H2,1-2H3,(H,13,14);1H2/b7-5+;;. The van der Waals surface area contributed by atoms with Crippen LogP contribution in [0.1, 0.15) is 85.6 Å². The maximum Gasteiger partial charge on any atom is 0.286 e. The molecule has 6 nitrogen and oxygen atoms in total. The second-order valence-corrected chi connectivity index (χ2v) is 9.97. The lowest BCUT2D eigenvalue weighted by Gasteiger charge is -2.26. The lowest BCUT2D eigenvalue weighted by Crippen LogP contribution is -2.38. The number of carbonyl (C=O) groups is 2. The molecule has 192 valence electrons. The van der Waals surface area contributed by atoms with Gasteiger partial charge in [0.25, 0.3) is 6.26 Å². The fraction of sp³-hybridized carbons (Fsp3) is 0.593. The third kappa shape index (κ3) is 19.0. The second kappa shape index (κ2) is 20.0. The highest BCUT2D eigenvalue weighted by atomic mass is 32.1. The van der Waals surface area contributed by atoms with Gasteiger partial charge in [-0.3, -0.25) is 4.79 Å². The summed E-state index contributed by atoms with van der Waals surface area (Å²) in [4.78, 5) is 19.4. The van der Waals surface area contributed by atoms with Gasteiger partial charge in [-0.05, 0) is 78.0 Å². The number of benzene rings is 1. The summed E-state index contributed by atoms with van der Waals surface area (Å²) in [7, 11) is 0. The minimum atomic E-state index is -0.610. The number of hydrogen-bond acceptors (Lipinski definition) is 6. The number of hydrogen-bond donors (Lipinski definition) is 2. The zero-order valence-electron chi connectivity index (χ0n) is 21.9. The van der Waals surface area contributed by atoms with Crippen LogP contribution in [0, 0.1) is 11.5 Å². The molecule has 1 aromatic rings. The number of nitrogens with zero attached hydrogens (tertiary/aromatic N) is 1. The molecular formula is C27H44N2O4S. The summed E-state index contributed by atoms with van der Waals surface area (Å²) < 4.78 is 9.89. The van der Waals surface area contributed by atoms with Crippen LogP contribution in [0.4, 0.5) is 0 Å². The molecule has 0 saturated carbocycles. The fourth-order valence-electron chi connectivity index (χ4n) is 2.93. The van der Waals surface area contributed by atoms with Gasteiger partial charge in [0.1, 0.15) is 24.7 Å². The topological polar surface area (TPSA) is 88.4 Å². The molecule has 0 saturated heterocycles. The second-order valence-electron chi connectivity index (χ2n) is 8.85. The number of rotatable bonds is 13. The van der Waals surface area contributed by atoms with Gasteiger partial charge in [0, 0.05) is 6.54 Å². The summed E-state index contributed by atoms with van der Waals surface area (Å²) in [6, 6.07) is 8.23. The van der Waals surface area contributed by atoms with Crippen molar-refractivity contribution in [3.05, 3.63) is 35.9 Å². The van der Waals surface area contributed by atoms with E-state index in [9.17, 15) is 4.79 Å². The maximum atomic E-state index is 11.4.